The molecule has 1 aromatic rings. The second kappa shape index (κ2) is 4.96. The summed E-state index contributed by atoms with van der Waals surface area (Å²) < 4.78 is 5.94. The van der Waals surface area contributed by atoms with Crippen LogP contribution in [0.15, 0.2) is 23.1 Å². The van der Waals surface area contributed by atoms with Gasteiger partial charge in [0.15, 0.2) is 0 Å². The maximum atomic E-state index is 6.16. The van der Waals surface area contributed by atoms with Gasteiger partial charge >= 0.3 is 0 Å². The van der Waals surface area contributed by atoms with E-state index >= 15 is 0 Å². The molecule has 4 atom stereocenters. The molecule has 4 rings (SSSR count). The molecule has 0 radical (unpaired) electrons. The molecule has 1 aromatic carbocycles. The molecule has 4 heteroatoms. The molecule has 0 aromatic heterocycles. The van der Waals surface area contributed by atoms with Crippen LogP contribution in [0.2, 0.25) is 5.02 Å². The van der Waals surface area contributed by atoms with Gasteiger partial charge in [-0.2, -0.15) is 0 Å². The number of ether oxygens (including phenoxy) is 1. The minimum Gasteiger partial charge on any atom is -0.373 e. The lowest BCUT2D eigenvalue weighted by Crippen LogP contribution is -2.40. The molecule has 2 fully saturated rings. The van der Waals surface area contributed by atoms with E-state index in [2.05, 4.69) is 17.4 Å². The molecule has 0 aliphatic carbocycles. The first-order valence-corrected chi connectivity index (χ1v) is 8.50. The van der Waals surface area contributed by atoms with Crippen molar-refractivity contribution in [3.8, 4) is 0 Å². The van der Waals surface area contributed by atoms with E-state index in [4.69, 9.17) is 16.3 Å². The fourth-order valence-electron chi connectivity index (χ4n) is 3.61. The number of nitrogens with one attached hydrogen (secondary N) is 1. The third kappa shape index (κ3) is 2.31. The Hall–Kier alpha value is -0.220. The van der Waals surface area contributed by atoms with Crippen molar-refractivity contribution in [3.05, 3.63) is 28.8 Å². The monoisotopic (exact) mass is 295 g/mol. The average molecular weight is 296 g/mol. The van der Waals surface area contributed by atoms with E-state index in [9.17, 15) is 0 Å². The van der Waals surface area contributed by atoms with Crippen molar-refractivity contribution in [1.29, 1.82) is 0 Å². The number of hydrogen-bond donors (Lipinski definition) is 1. The van der Waals surface area contributed by atoms with Gasteiger partial charge in [0.05, 0.1) is 12.2 Å². The predicted octanol–water partition coefficient (Wildman–Crippen LogP) is 3.79. The van der Waals surface area contributed by atoms with Crippen molar-refractivity contribution in [2.45, 2.75) is 54.9 Å². The van der Waals surface area contributed by atoms with Crippen molar-refractivity contribution >= 4 is 23.4 Å². The maximum absolute atomic E-state index is 6.16. The van der Waals surface area contributed by atoms with Gasteiger partial charge in [0.2, 0.25) is 0 Å². The second-order valence-corrected chi connectivity index (χ2v) is 7.33. The second-order valence-electron chi connectivity index (χ2n) is 5.75. The summed E-state index contributed by atoms with van der Waals surface area (Å²) >= 11 is 8.10. The zero-order valence-corrected chi connectivity index (χ0v) is 12.3. The highest BCUT2D eigenvalue weighted by molar-refractivity contribution is 7.99. The van der Waals surface area contributed by atoms with Crippen molar-refractivity contribution < 1.29 is 4.74 Å². The van der Waals surface area contributed by atoms with Crippen LogP contribution in [0.1, 0.15) is 37.3 Å². The van der Waals surface area contributed by atoms with Crippen LogP contribution in [-0.2, 0) is 4.74 Å². The molecule has 4 unspecified atom stereocenters. The summed E-state index contributed by atoms with van der Waals surface area (Å²) in [4.78, 5) is 1.39. The maximum Gasteiger partial charge on any atom is 0.0733 e. The van der Waals surface area contributed by atoms with Crippen LogP contribution in [0.25, 0.3) is 0 Å². The van der Waals surface area contributed by atoms with Gasteiger partial charge in [0, 0.05) is 22.0 Å². The van der Waals surface area contributed by atoms with Gasteiger partial charge < -0.3 is 10.1 Å². The van der Waals surface area contributed by atoms with Gasteiger partial charge in [-0.15, -0.1) is 11.8 Å². The normalized spacial score (nSPS) is 36.5. The van der Waals surface area contributed by atoms with Crippen LogP contribution < -0.4 is 5.32 Å². The Morgan fingerprint density at radius 3 is 3.00 bits per heavy atom. The molecule has 2 bridgehead atoms. The number of fused-ring (bicyclic) bond motifs is 3. The molecule has 1 N–H and O–H groups in total. The van der Waals surface area contributed by atoms with Crippen LogP contribution in [0, 0.1) is 0 Å². The lowest BCUT2D eigenvalue weighted by Gasteiger charge is -2.31. The number of thioether (sulfide) groups is 1. The van der Waals surface area contributed by atoms with E-state index in [1.165, 1.54) is 41.9 Å². The average Bonchev–Trinajstić information content (AvgIpc) is 3.02. The van der Waals surface area contributed by atoms with Crippen molar-refractivity contribution in [2.75, 3.05) is 5.75 Å². The van der Waals surface area contributed by atoms with E-state index in [0.717, 1.165) is 5.02 Å². The number of hydrogen-bond acceptors (Lipinski definition) is 3. The van der Waals surface area contributed by atoms with Crippen molar-refractivity contribution in [1.82, 2.24) is 5.32 Å². The fraction of sp³-hybridized carbons (Fsp3) is 0.600. The molecule has 19 heavy (non-hydrogen) atoms. The predicted molar refractivity (Wildman–Crippen MR) is 79.0 cm³/mol. The first-order valence-electron chi connectivity index (χ1n) is 7.13. The van der Waals surface area contributed by atoms with E-state index in [0.29, 0.717) is 24.3 Å². The number of benzene rings is 1. The van der Waals surface area contributed by atoms with Gasteiger partial charge in [0.1, 0.15) is 0 Å². The first kappa shape index (κ1) is 12.5. The molecule has 0 amide bonds. The summed E-state index contributed by atoms with van der Waals surface area (Å²) in [7, 11) is 0. The third-order valence-corrected chi connectivity index (χ3v) is 5.89. The zero-order chi connectivity index (χ0) is 12.8. The van der Waals surface area contributed by atoms with Crippen molar-refractivity contribution in [2.24, 2.45) is 0 Å². The highest BCUT2D eigenvalue weighted by atomic mass is 35.5. The topological polar surface area (TPSA) is 21.3 Å². The quantitative estimate of drug-likeness (QED) is 0.897. The molecule has 3 aliphatic rings. The van der Waals surface area contributed by atoms with E-state index in [1.807, 2.05) is 17.8 Å². The van der Waals surface area contributed by atoms with Gasteiger partial charge in [-0.25, -0.2) is 0 Å². The Morgan fingerprint density at radius 1 is 1.26 bits per heavy atom. The molecule has 3 aliphatic heterocycles. The minimum atomic E-state index is 0.446. The summed E-state index contributed by atoms with van der Waals surface area (Å²) in [5.74, 6) is 1.19. The Morgan fingerprint density at radius 2 is 2.21 bits per heavy atom. The van der Waals surface area contributed by atoms with Crippen LogP contribution in [0.5, 0.6) is 0 Å². The Labute approximate surface area is 123 Å². The molecule has 0 spiro atoms. The molecular weight excluding hydrogens is 278 g/mol. The van der Waals surface area contributed by atoms with Crippen LogP contribution in [-0.4, -0.2) is 24.0 Å². The summed E-state index contributed by atoms with van der Waals surface area (Å²) in [6, 6.07) is 7.28. The Bertz CT molecular complexity index is 495. The molecule has 2 saturated heterocycles. The van der Waals surface area contributed by atoms with Gasteiger partial charge in [-0.3, -0.25) is 0 Å². The SMILES string of the molecule is Clc1ccc2c(c1)C(NC1CC3CCC1O3)CCS2. The standard InChI is InChI=1S/C15H18ClNOS/c16-9-1-4-15-11(7-9)12(5-6-19-15)17-13-8-10-2-3-14(13)18-10/h1,4,7,10,12-14,17H,2-3,5-6,8H2. The number of rotatable bonds is 2. The minimum absolute atomic E-state index is 0.446. The molecule has 0 saturated carbocycles. The van der Waals surface area contributed by atoms with Gasteiger partial charge in [-0.05, 0) is 55.2 Å². The third-order valence-electron chi connectivity index (χ3n) is 4.53. The highest BCUT2D eigenvalue weighted by Crippen LogP contribution is 2.40. The van der Waals surface area contributed by atoms with E-state index < -0.39 is 0 Å². The largest absolute Gasteiger partial charge is 0.373 e. The molecular formula is C15H18ClNOS. The van der Waals surface area contributed by atoms with Crippen LogP contribution in [0.3, 0.4) is 0 Å². The van der Waals surface area contributed by atoms with Crippen LogP contribution in [0.4, 0.5) is 0 Å². The Kier molecular flexibility index (Phi) is 3.27. The van der Waals surface area contributed by atoms with E-state index in [1.54, 1.807) is 0 Å². The fourth-order valence-corrected chi connectivity index (χ4v) is 4.90. The number of halogens is 1. The van der Waals surface area contributed by atoms with Crippen LogP contribution >= 0.6 is 23.4 Å². The van der Waals surface area contributed by atoms with E-state index in [-0.39, 0.29) is 0 Å². The molecule has 3 heterocycles. The summed E-state index contributed by atoms with van der Waals surface area (Å²) in [6.07, 6.45) is 5.81. The van der Waals surface area contributed by atoms with Crippen molar-refractivity contribution in [3.63, 3.8) is 0 Å². The highest BCUT2D eigenvalue weighted by Gasteiger charge is 2.41. The van der Waals surface area contributed by atoms with Gasteiger partial charge in [-0.1, -0.05) is 11.6 Å². The Balaban J connectivity index is 1.55. The first-order chi connectivity index (χ1) is 9.29. The lowest BCUT2D eigenvalue weighted by atomic mass is 9.93. The summed E-state index contributed by atoms with van der Waals surface area (Å²) in [5, 5.41) is 4.68. The van der Waals surface area contributed by atoms with Gasteiger partial charge in [0.25, 0.3) is 0 Å². The summed E-state index contributed by atoms with van der Waals surface area (Å²) in [5.41, 5.74) is 1.38. The summed E-state index contributed by atoms with van der Waals surface area (Å²) in [6.45, 7) is 0. The molecule has 2 nitrogen and oxygen atoms in total. The lowest BCUT2D eigenvalue weighted by molar-refractivity contribution is 0.0958. The smallest absolute Gasteiger partial charge is 0.0733 e. The zero-order valence-electron chi connectivity index (χ0n) is 10.8. The molecule has 102 valence electrons.